The molecule has 58 valence electrons. The van der Waals surface area contributed by atoms with Crippen LogP contribution in [-0.2, 0) is 4.79 Å². The molecule has 0 aliphatic rings. The van der Waals surface area contributed by atoms with Crippen molar-refractivity contribution < 1.29 is 4.79 Å². The van der Waals surface area contributed by atoms with Crippen LogP contribution in [0.15, 0.2) is 12.3 Å². The van der Waals surface area contributed by atoms with Crippen LogP contribution in [0.4, 0.5) is 0 Å². The average Bonchev–Trinajstić information content (AvgIpc) is 1.82. The molecule has 0 atom stereocenters. The largest absolute Gasteiger partial charge is 0.381 e. The Hall–Kier alpha value is -0.990. The molecule has 0 saturated carbocycles. The molecule has 0 bridgehead atoms. The standard InChI is InChI=1S/C7H14N2O/c1-5(2)4-9-6(3)7(8)10/h5,9H,3-4H2,1-2H3,(H2,8,10). The van der Waals surface area contributed by atoms with E-state index in [2.05, 4.69) is 11.9 Å². The fourth-order valence-electron chi connectivity index (χ4n) is 0.414. The van der Waals surface area contributed by atoms with E-state index in [1.165, 1.54) is 0 Å². The molecule has 0 heterocycles. The van der Waals surface area contributed by atoms with Crippen molar-refractivity contribution in [1.29, 1.82) is 0 Å². The average molecular weight is 142 g/mol. The maximum Gasteiger partial charge on any atom is 0.264 e. The van der Waals surface area contributed by atoms with Gasteiger partial charge in [0.2, 0.25) is 0 Å². The normalized spacial score (nSPS) is 9.50. The number of hydrogen-bond acceptors (Lipinski definition) is 2. The Kier molecular flexibility index (Phi) is 3.54. The smallest absolute Gasteiger partial charge is 0.264 e. The van der Waals surface area contributed by atoms with E-state index in [0.717, 1.165) is 6.54 Å². The van der Waals surface area contributed by atoms with Crippen LogP contribution in [0.5, 0.6) is 0 Å². The van der Waals surface area contributed by atoms with E-state index in [4.69, 9.17) is 5.73 Å². The Bertz CT molecular complexity index is 141. The predicted octanol–water partition coefficient (Wildman–Crippen LogP) is 0.231. The second kappa shape index (κ2) is 3.93. The molecule has 3 heteroatoms. The Labute approximate surface area is 61.3 Å². The summed E-state index contributed by atoms with van der Waals surface area (Å²) in [7, 11) is 0. The van der Waals surface area contributed by atoms with E-state index in [9.17, 15) is 4.79 Å². The molecule has 0 aromatic carbocycles. The molecule has 0 aliphatic heterocycles. The van der Waals surface area contributed by atoms with E-state index in [0.29, 0.717) is 5.92 Å². The molecule has 10 heavy (non-hydrogen) atoms. The van der Waals surface area contributed by atoms with Gasteiger partial charge in [-0.15, -0.1) is 0 Å². The lowest BCUT2D eigenvalue weighted by atomic mass is 10.2. The molecule has 3 N–H and O–H groups in total. The van der Waals surface area contributed by atoms with Crippen molar-refractivity contribution in [3.05, 3.63) is 12.3 Å². The van der Waals surface area contributed by atoms with Gasteiger partial charge in [0.05, 0.1) is 5.70 Å². The van der Waals surface area contributed by atoms with Crippen molar-refractivity contribution in [1.82, 2.24) is 5.32 Å². The molecule has 0 fully saturated rings. The van der Waals surface area contributed by atoms with Crippen LogP contribution in [0.1, 0.15) is 13.8 Å². The van der Waals surface area contributed by atoms with Crippen LogP contribution in [0.3, 0.4) is 0 Å². The Morgan fingerprint density at radius 1 is 1.70 bits per heavy atom. The fraction of sp³-hybridized carbons (Fsp3) is 0.571. The van der Waals surface area contributed by atoms with Gasteiger partial charge >= 0.3 is 0 Å². The topological polar surface area (TPSA) is 55.1 Å². The third-order valence-corrected chi connectivity index (χ3v) is 1.02. The second-order valence-corrected chi connectivity index (χ2v) is 2.62. The van der Waals surface area contributed by atoms with E-state index < -0.39 is 5.91 Å². The summed E-state index contributed by atoms with van der Waals surface area (Å²) < 4.78 is 0. The molecular formula is C7H14N2O. The van der Waals surface area contributed by atoms with E-state index in [1.807, 2.05) is 13.8 Å². The van der Waals surface area contributed by atoms with Gasteiger partial charge in [0.15, 0.2) is 0 Å². The lowest BCUT2D eigenvalue weighted by Gasteiger charge is -2.07. The van der Waals surface area contributed by atoms with Crippen molar-refractivity contribution in [3.8, 4) is 0 Å². The first-order valence-electron chi connectivity index (χ1n) is 3.26. The lowest BCUT2D eigenvalue weighted by molar-refractivity contribution is -0.114. The molecular weight excluding hydrogens is 128 g/mol. The maximum atomic E-state index is 10.4. The molecule has 1 amide bonds. The highest BCUT2D eigenvalue weighted by Gasteiger charge is 1.99. The summed E-state index contributed by atoms with van der Waals surface area (Å²) in [5, 5.41) is 2.81. The maximum absolute atomic E-state index is 10.4. The highest BCUT2D eigenvalue weighted by molar-refractivity contribution is 5.90. The minimum absolute atomic E-state index is 0.286. The monoisotopic (exact) mass is 142 g/mol. The van der Waals surface area contributed by atoms with Gasteiger partial charge < -0.3 is 11.1 Å². The van der Waals surface area contributed by atoms with E-state index >= 15 is 0 Å². The van der Waals surface area contributed by atoms with Crippen molar-refractivity contribution in [2.75, 3.05) is 6.54 Å². The summed E-state index contributed by atoms with van der Waals surface area (Å²) in [6.07, 6.45) is 0. The predicted molar refractivity (Wildman–Crippen MR) is 41.2 cm³/mol. The van der Waals surface area contributed by atoms with Gasteiger partial charge in [-0.25, -0.2) is 0 Å². The van der Waals surface area contributed by atoms with Gasteiger partial charge in [-0.05, 0) is 5.92 Å². The summed E-state index contributed by atoms with van der Waals surface area (Å²) in [6, 6.07) is 0. The molecule has 0 saturated heterocycles. The zero-order chi connectivity index (χ0) is 8.15. The Morgan fingerprint density at radius 2 is 2.20 bits per heavy atom. The zero-order valence-corrected chi connectivity index (χ0v) is 6.48. The first-order valence-corrected chi connectivity index (χ1v) is 3.26. The minimum atomic E-state index is -0.486. The van der Waals surface area contributed by atoms with Crippen molar-refractivity contribution >= 4 is 5.91 Å². The van der Waals surface area contributed by atoms with Gasteiger partial charge in [0, 0.05) is 6.54 Å². The molecule has 3 nitrogen and oxygen atoms in total. The molecule has 0 rings (SSSR count). The number of nitrogens with two attached hydrogens (primary N) is 1. The van der Waals surface area contributed by atoms with Gasteiger partial charge in [-0.1, -0.05) is 20.4 Å². The fourth-order valence-corrected chi connectivity index (χ4v) is 0.414. The number of rotatable bonds is 4. The Morgan fingerprint density at radius 3 is 2.50 bits per heavy atom. The second-order valence-electron chi connectivity index (χ2n) is 2.62. The number of carbonyl (C=O) groups is 1. The third-order valence-electron chi connectivity index (χ3n) is 1.02. The zero-order valence-electron chi connectivity index (χ0n) is 6.48. The SMILES string of the molecule is C=C(NCC(C)C)C(N)=O. The summed E-state index contributed by atoms with van der Waals surface area (Å²) in [6.45, 7) is 8.26. The van der Waals surface area contributed by atoms with Crippen LogP contribution in [-0.4, -0.2) is 12.5 Å². The molecule has 0 aromatic heterocycles. The van der Waals surface area contributed by atoms with Gasteiger partial charge in [-0.3, -0.25) is 4.79 Å². The van der Waals surface area contributed by atoms with Crippen LogP contribution < -0.4 is 11.1 Å². The summed E-state index contributed by atoms with van der Waals surface area (Å²) in [5.41, 5.74) is 5.21. The van der Waals surface area contributed by atoms with Crippen molar-refractivity contribution in [3.63, 3.8) is 0 Å². The number of carbonyl (C=O) groups excluding carboxylic acids is 1. The van der Waals surface area contributed by atoms with Crippen LogP contribution in [0.25, 0.3) is 0 Å². The van der Waals surface area contributed by atoms with Crippen LogP contribution >= 0.6 is 0 Å². The number of primary amides is 1. The van der Waals surface area contributed by atoms with Crippen molar-refractivity contribution in [2.24, 2.45) is 11.7 Å². The lowest BCUT2D eigenvalue weighted by Crippen LogP contribution is -2.27. The summed E-state index contributed by atoms with van der Waals surface area (Å²) in [5.74, 6) is 0.0109. The third kappa shape index (κ3) is 3.95. The summed E-state index contributed by atoms with van der Waals surface area (Å²) >= 11 is 0. The quantitative estimate of drug-likeness (QED) is 0.552. The van der Waals surface area contributed by atoms with Gasteiger partial charge in [0.25, 0.3) is 5.91 Å². The summed E-state index contributed by atoms with van der Waals surface area (Å²) in [4.78, 5) is 10.4. The van der Waals surface area contributed by atoms with Gasteiger partial charge in [0.1, 0.15) is 0 Å². The number of hydrogen-bond donors (Lipinski definition) is 2. The van der Waals surface area contributed by atoms with Crippen molar-refractivity contribution in [2.45, 2.75) is 13.8 Å². The Balaban J connectivity index is 3.50. The number of nitrogens with one attached hydrogen (secondary N) is 1. The van der Waals surface area contributed by atoms with Crippen LogP contribution in [0.2, 0.25) is 0 Å². The minimum Gasteiger partial charge on any atom is -0.381 e. The van der Waals surface area contributed by atoms with E-state index in [1.54, 1.807) is 0 Å². The number of amides is 1. The first-order chi connectivity index (χ1) is 4.54. The molecule has 0 radical (unpaired) electrons. The van der Waals surface area contributed by atoms with Gasteiger partial charge in [-0.2, -0.15) is 0 Å². The molecule has 0 aliphatic carbocycles. The molecule has 0 aromatic rings. The van der Waals surface area contributed by atoms with Crippen LogP contribution in [0, 0.1) is 5.92 Å². The molecule has 0 unspecified atom stereocenters. The van der Waals surface area contributed by atoms with E-state index in [-0.39, 0.29) is 5.70 Å². The highest BCUT2D eigenvalue weighted by atomic mass is 16.1. The highest BCUT2D eigenvalue weighted by Crippen LogP contribution is 1.89. The molecule has 0 spiro atoms. The first kappa shape index (κ1) is 9.01.